The number of hydrogen-bond donors (Lipinski definition) is 0. The molecule has 2 aromatic rings. The quantitative estimate of drug-likeness (QED) is 0.660. The average Bonchev–Trinajstić information content (AvgIpc) is 2.41. The summed E-state index contributed by atoms with van der Waals surface area (Å²) in [5.74, 6) is 0.615. The number of rotatable bonds is 2. The third-order valence-corrected chi connectivity index (χ3v) is 2.56. The Labute approximate surface area is 103 Å². The molecule has 0 aliphatic rings. The molecular weight excluding hydrogens is 216 g/mol. The van der Waals surface area contributed by atoms with Crippen LogP contribution in [0.2, 0.25) is 0 Å². The maximum atomic E-state index is 5.62. The van der Waals surface area contributed by atoms with E-state index < -0.39 is 0 Å². The molecule has 2 rings (SSSR count). The van der Waals surface area contributed by atoms with Gasteiger partial charge in [-0.25, -0.2) is 0 Å². The largest absolute Gasteiger partial charge is 0.122 e. The Kier molecular flexibility index (Phi) is 6.36. The van der Waals surface area contributed by atoms with Crippen LogP contribution in [-0.4, -0.2) is 0 Å². The first-order valence-corrected chi connectivity index (χ1v) is 6.04. The van der Waals surface area contributed by atoms with Crippen LogP contribution in [0.15, 0.2) is 60.7 Å². The van der Waals surface area contributed by atoms with Gasteiger partial charge < -0.3 is 0 Å². The van der Waals surface area contributed by atoms with Crippen molar-refractivity contribution in [3.8, 4) is 0 Å². The maximum absolute atomic E-state index is 5.62. The smallest absolute Gasteiger partial charge is 0.0474 e. The van der Waals surface area contributed by atoms with Crippen LogP contribution in [0.25, 0.3) is 0 Å². The molecule has 0 nitrogen and oxygen atoms in total. The standard InChI is InChI=1S/C9H11Cl.C6H6/c1-2-8-3-5-9(7-10)6-4-8;1-2-4-6-5-3-1/h3-6H,2,7H2,1H3;1-6H. The van der Waals surface area contributed by atoms with E-state index in [1.54, 1.807) is 0 Å². The van der Waals surface area contributed by atoms with Gasteiger partial charge in [-0.3, -0.25) is 0 Å². The number of halogens is 1. The fourth-order valence-electron chi connectivity index (χ4n) is 1.25. The highest BCUT2D eigenvalue weighted by Crippen LogP contribution is 2.06. The second-order valence-electron chi connectivity index (χ2n) is 3.46. The van der Waals surface area contributed by atoms with E-state index in [0.29, 0.717) is 5.88 Å². The molecule has 0 aliphatic heterocycles. The second-order valence-corrected chi connectivity index (χ2v) is 3.73. The van der Waals surface area contributed by atoms with E-state index in [4.69, 9.17) is 11.6 Å². The number of hydrogen-bond acceptors (Lipinski definition) is 0. The van der Waals surface area contributed by atoms with Gasteiger partial charge in [0.05, 0.1) is 0 Å². The van der Waals surface area contributed by atoms with E-state index in [1.807, 2.05) is 36.4 Å². The lowest BCUT2D eigenvalue weighted by molar-refractivity contribution is 1.13. The minimum atomic E-state index is 0.615. The van der Waals surface area contributed by atoms with E-state index in [1.165, 1.54) is 11.1 Å². The molecule has 0 unspecified atom stereocenters. The van der Waals surface area contributed by atoms with E-state index in [0.717, 1.165) is 6.42 Å². The third kappa shape index (κ3) is 4.99. The van der Waals surface area contributed by atoms with Crippen molar-refractivity contribution in [1.82, 2.24) is 0 Å². The number of aryl methyl sites for hydroxylation is 1. The molecule has 0 heterocycles. The van der Waals surface area contributed by atoms with Gasteiger partial charge in [0.2, 0.25) is 0 Å². The van der Waals surface area contributed by atoms with Crippen LogP contribution in [0.1, 0.15) is 18.1 Å². The predicted octanol–water partition coefficient (Wildman–Crippen LogP) is 4.67. The Morgan fingerprint density at radius 3 is 1.44 bits per heavy atom. The Bertz CT molecular complexity index is 315. The lowest BCUT2D eigenvalue weighted by Crippen LogP contribution is -1.80. The van der Waals surface area contributed by atoms with Crippen molar-refractivity contribution in [3.05, 3.63) is 71.8 Å². The van der Waals surface area contributed by atoms with Crippen molar-refractivity contribution in [2.24, 2.45) is 0 Å². The van der Waals surface area contributed by atoms with Crippen LogP contribution >= 0.6 is 11.6 Å². The summed E-state index contributed by atoms with van der Waals surface area (Å²) in [5, 5.41) is 0. The van der Waals surface area contributed by atoms with Crippen molar-refractivity contribution in [2.75, 3.05) is 0 Å². The zero-order chi connectivity index (χ0) is 11.6. The molecule has 0 saturated carbocycles. The van der Waals surface area contributed by atoms with Gasteiger partial charge in [-0.1, -0.05) is 67.6 Å². The molecule has 0 radical (unpaired) electrons. The zero-order valence-electron chi connectivity index (χ0n) is 9.57. The first kappa shape index (κ1) is 12.8. The van der Waals surface area contributed by atoms with E-state index >= 15 is 0 Å². The van der Waals surface area contributed by atoms with Gasteiger partial charge in [-0.15, -0.1) is 11.6 Å². The summed E-state index contributed by atoms with van der Waals surface area (Å²) >= 11 is 5.62. The van der Waals surface area contributed by atoms with Gasteiger partial charge in [-0.05, 0) is 17.5 Å². The lowest BCUT2D eigenvalue weighted by Gasteiger charge is -1.96. The average molecular weight is 233 g/mol. The molecule has 0 fully saturated rings. The van der Waals surface area contributed by atoms with Gasteiger partial charge in [0, 0.05) is 5.88 Å². The molecular formula is C15H17Cl. The zero-order valence-corrected chi connectivity index (χ0v) is 10.3. The van der Waals surface area contributed by atoms with Gasteiger partial charge in [0.25, 0.3) is 0 Å². The van der Waals surface area contributed by atoms with Crippen molar-refractivity contribution >= 4 is 11.6 Å². The van der Waals surface area contributed by atoms with Crippen LogP contribution in [-0.2, 0) is 12.3 Å². The highest BCUT2D eigenvalue weighted by atomic mass is 35.5. The van der Waals surface area contributed by atoms with Crippen LogP contribution in [0.4, 0.5) is 0 Å². The van der Waals surface area contributed by atoms with E-state index in [9.17, 15) is 0 Å². The molecule has 1 heteroatoms. The third-order valence-electron chi connectivity index (χ3n) is 2.25. The van der Waals surface area contributed by atoms with Crippen molar-refractivity contribution in [2.45, 2.75) is 19.2 Å². The molecule has 2 aromatic carbocycles. The summed E-state index contributed by atoms with van der Waals surface area (Å²) < 4.78 is 0. The molecule has 0 amide bonds. The lowest BCUT2D eigenvalue weighted by atomic mass is 10.1. The van der Waals surface area contributed by atoms with E-state index in [2.05, 4.69) is 31.2 Å². The molecule has 0 aliphatic carbocycles. The summed E-state index contributed by atoms with van der Waals surface area (Å²) in [6, 6.07) is 20.4. The molecule has 0 bridgehead atoms. The Balaban J connectivity index is 0.000000181. The predicted molar refractivity (Wildman–Crippen MR) is 71.8 cm³/mol. The Hall–Kier alpha value is -1.27. The fraction of sp³-hybridized carbons (Fsp3) is 0.200. The maximum Gasteiger partial charge on any atom is 0.0474 e. The number of benzene rings is 2. The summed E-state index contributed by atoms with van der Waals surface area (Å²) in [4.78, 5) is 0. The summed E-state index contributed by atoms with van der Waals surface area (Å²) in [5.41, 5.74) is 2.56. The molecule has 0 saturated heterocycles. The molecule has 84 valence electrons. The minimum Gasteiger partial charge on any atom is -0.122 e. The van der Waals surface area contributed by atoms with Crippen LogP contribution < -0.4 is 0 Å². The minimum absolute atomic E-state index is 0.615. The second kappa shape index (κ2) is 7.95. The summed E-state index contributed by atoms with van der Waals surface area (Å²) in [6.07, 6.45) is 1.10. The first-order chi connectivity index (χ1) is 7.86. The van der Waals surface area contributed by atoms with Crippen LogP contribution in [0, 0.1) is 0 Å². The molecule has 16 heavy (non-hydrogen) atoms. The molecule has 0 N–H and O–H groups in total. The monoisotopic (exact) mass is 232 g/mol. The Morgan fingerprint density at radius 2 is 1.12 bits per heavy atom. The highest BCUT2D eigenvalue weighted by molar-refractivity contribution is 6.17. The van der Waals surface area contributed by atoms with Crippen LogP contribution in [0.5, 0.6) is 0 Å². The summed E-state index contributed by atoms with van der Waals surface area (Å²) in [6.45, 7) is 2.15. The van der Waals surface area contributed by atoms with Gasteiger partial charge in [-0.2, -0.15) is 0 Å². The topological polar surface area (TPSA) is 0 Å². The molecule has 0 aromatic heterocycles. The van der Waals surface area contributed by atoms with Gasteiger partial charge in [0.15, 0.2) is 0 Å². The van der Waals surface area contributed by atoms with Gasteiger partial charge >= 0.3 is 0 Å². The SMILES string of the molecule is CCc1ccc(CCl)cc1.c1ccccc1. The van der Waals surface area contributed by atoms with Crippen molar-refractivity contribution in [1.29, 1.82) is 0 Å². The first-order valence-electron chi connectivity index (χ1n) is 5.50. The molecule has 0 spiro atoms. The van der Waals surface area contributed by atoms with Gasteiger partial charge in [0.1, 0.15) is 0 Å². The normalized spacial score (nSPS) is 9.12. The van der Waals surface area contributed by atoms with E-state index in [-0.39, 0.29) is 0 Å². The highest BCUT2D eigenvalue weighted by Gasteiger charge is 1.89. The number of alkyl halides is 1. The summed E-state index contributed by atoms with van der Waals surface area (Å²) in [7, 11) is 0. The van der Waals surface area contributed by atoms with Crippen LogP contribution in [0.3, 0.4) is 0 Å². The van der Waals surface area contributed by atoms with Crippen molar-refractivity contribution < 1.29 is 0 Å². The Morgan fingerprint density at radius 1 is 0.750 bits per heavy atom. The molecule has 0 atom stereocenters. The fourth-order valence-corrected chi connectivity index (χ4v) is 1.43. The van der Waals surface area contributed by atoms with Crippen molar-refractivity contribution in [3.63, 3.8) is 0 Å².